The van der Waals surface area contributed by atoms with Gasteiger partial charge in [0, 0.05) is 35.4 Å². The van der Waals surface area contributed by atoms with E-state index in [-0.39, 0.29) is 12.5 Å². The number of aromatic amines is 1. The maximum atomic E-state index is 12.0. The number of ether oxygens (including phenoxy) is 2. The Labute approximate surface area is 152 Å². The molecular weight excluding hydrogens is 330 g/mol. The lowest BCUT2D eigenvalue weighted by molar-refractivity contribution is -0.119. The number of methoxy groups -OCH3 is 2. The summed E-state index contributed by atoms with van der Waals surface area (Å²) in [5.41, 5.74) is 3.12. The minimum Gasteiger partial charge on any atom is -0.493 e. The Kier molecular flexibility index (Phi) is 5.63. The predicted octanol–water partition coefficient (Wildman–Crippen LogP) is 2.96. The van der Waals surface area contributed by atoms with E-state index < -0.39 is 0 Å². The number of carbonyl (C=O) groups is 1. The van der Waals surface area contributed by atoms with Crippen molar-refractivity contribution in [1.29, 1.82) is 0 Å². The fraction of sp³-hybridized carbons (Fsp3) is 0.250. The topological polar surface area (TPSA) is 75.4 Å². The summed E-state index contributed by atoms with van der Waals surface area (Å²) in [6.45, 7) is 0.789. The Morgan fingerprint density at radius 3 is 2.69 bits per heavy atom. The van der Waals surface area contributed by atoms with Crippen LogP contribution in [0.25, 0.3) is 10.9 Å². The first-order chi connectivity index (χ1) is 12.7. The molecule has 0 bridgehead atoms. The first-order valence-electron chi connectivity index (χ1n) is 8.49. The van der Waals surface area contributed by atoms with E-state index in [4.69, 9.17) is 9.47 Å². The number of para-hydroxylation sites is 1. The molecule has 0 aliphatic heterocycles. The van der Waals surface area contributed by atoms with Crippen molar-refractivity contribution in [3.05, 3.63) is 54.2 Å². The fourth-order valence-corrected chi connectivity index (χ4v) is 2.87. The molecule has 1 aromatic heterocycles. The molecule has 3 rings (SSSR count). The molecule has 26 heavy (non-hydrogen) atoms. The molecule has 6 nitrogen and oxygen atoms in total. The first kappa shape index (κ1) is 17.7. The van der Waals surface area contributed by atoms with Gasteiger partial charge >= 0.3 is 0 Å². The van der Waals surface area contributed by atoms with Gasteiger partial charge in [-0.2, -0.15) is 0 Å². The van der Waals surface area contributed by atoms with Gasteiger partial charge < -0.3 is 25.1 Å². The number of carbonyl (C=O) groups excluding carboxylic acids is 1. The van der Waals surface area contributed by atoms with Gasteiger partial charge in [-0.25, -0.2) is 0 Å². The highest BCUT2D eigenvalue weighted by atomic mass is 16.5. The number of nitrogens with one attached hydrogen (secondary N) is 3. The van der Waals surface area contributed by atoms with Crippen molar-refractivity contribution >= 4 is 22.5 Å². The third kappa shape index (κ3) is 4.08. The molecule has 0 saturated heterocycles. The minimum absolute atomic E-state index is 0.0559. The molecule has 0 aliphatic carbocycles. The molecule has 136 valence electrons. The number of amides is 1. The van der Waals surface area contributed by atoms with E-state index in [1.807, 2.05) is 30.5 Å². The molecule has 1 heterocycles. The van der Waals surface area contributed by atoms with E-state index in [0.717, 1.165) is 17.6 Å². The number of benzene rings is 2. The van der Waals surface area contributed by atoms with Crippen LogP contribution in [0.5, 0.6) is 11.5 Å². The van der Waals surface area contributed by atoms with Gasteiger partial charge in [0.2, 0.25) is 5.91 Å². The number of hydrogen-bond donors (Lipinski definition) is 3. The van der Waals surface area contributed by atoms with E-state index in [1.165, 1.54) is 10.9 Å². The second kappa shape index (κ2) is 8.29. The maximum absolute atomic E-state index is 12.0. The van der Waals surface area contributed by atoms with Crippen molar-refractivity contribution in [2.75, 3.05) is 32.6 Å². The van der Waals surface area contributed by atoms with Crippen molar-refractivity contribution in [2.45, 2.75) is 6.42 Å². The quantitative estimate of drug-likeness (QED) is 0.582. The van der Waals surface area contributed by atoms with Gasteiger partial charge in [0.05, 0.1) is 20.8 Å². The Bertz CT molecular complexity index is 889. The van der Waals surface area contributed by atoms with Crippen molar-refractivity contribution in [1.82, 2.24) is 10.3 Å². The molecule has 3 N–H and O–H groups in total. The van der Waals surface area contributed by atoms with Crippen LogP contribution in [0, 0.1) is 0 Å². The summed E-state index contributed by atoms with van der Waals surface area (Å²) in [4.78, 5) is 15.3. The van der Waals surface area contributed by atoms with Crippen LogP contribution in [0.15, 0.2) is 48.7 Å². The van der Waals surface area contributed by atoms with Crippen LogP contribution in [0.1, 0.15) is 5.56 Å². The van der Waals surface area contributed by atoms with Crippen LogP contribution >= 0.6 is 0 Å². The number of hydrogen-bond acceptors (Lipinski definition) is 4. The third-order valence-electron chi connectivity index (χ3n) is 4.23. The SMILES string of the molecule is COc1ccc(NCC(=O)NCCc2c[nH]c3ccccc23)cc1OC. The largest absolute Gasteiger partial charge is 0.493 e. The molecule has 6 heteroatoms. The van der Waals surface area contributed by atoms with Gasteiger partial charge in [-0.15, -0.1) is 0 Å². The highest BCUT2D eigenvalue weighted by Crippen LogP contribution is 2.29. The molecule has 1 amide bonds. The number of H-pyrrole nitrogens is 1. The highest BCUT2D eigenvalue weighted by Gasteiger charge is 2.07. The van der Waals surface area contributed by atoms with Gasteiger partial charge in [-0.1, -0.05) is 18.2 Å². The molecule has 0 radical (unpaired) electrons. The normalized spacial score (nSPS) is 10.5. The van der Waals surface area contributed by atoms with E-state index in [2.05, 4.69) is 21.7 Å². The van der Waals surface area contributed by atoms with Crippen molar-refractivity contribution < 1.29 is 14.3 Å². The molecular formula is C20H23N3O3. The summed E-state index contributed by atoms with van der Waals surface area (Å²) in [7, 11) is 3.17. The summed E-state index contributed by atoms with van der Waals surface area (Å²) in [6.07, 6.45) is 2.78. The molecule has 0 spiro atoms. The van der Waals surface area contributed by atoms with Crippen LogP contribution in [0.3, 0.4) is 0 Å². The summed E-state index contributed by atoms with van der Waals surface area (Å²) in [5.74, 6) is 1.22. The fourth-order valence-electron chi connectivity index (χ4n) is 2.87. The molecule has 0 fully saturated rings. The lowest BCUT2D eigenvalue weighted by Gasteiger charge is -2.11. The van der Waals surface area contributed by atoms with Crippen LogP contribution in [-0.2, 0) is 11.2 Å². The molecule has 0 unspecified atom stereocenters. The highest BCUT2D eigenvalue weighted by molar-refractivity contribution is 5.83. The zero-order chi connectivity index (χ0) is 18.4. The van der Waals surface area contributed by atoms with E-state index in [9.17, 15) is 4.79 Å². The average Bonchev–Trinajstić information content (AvgIpc) is 3.09. The van der Waals surface area contributed by atoms with E-state index >= 15 is 0 Å². The summed E-state index contributed by atoms with van der Waals surface area (Å²) in [5, 5.41) is 7.23. The Hall–Kier alpha value is -3.15. The summed E-state index contributed by atoms with van der Waals surface area (Å²) >= 11 is 0. The number of anilines is 1. The third-order valence-corrected chi connectivity index (χ3v) is 4.23. The average molecular weight is 353 g/mol. The molecule has 0 aliphatic rings. The molecule has 3 aromatic rings. The molecule has 2 aromatic carbocycles. The second-order valence-corrected chi connectivity index (χ2v) is 5.88. The van der Waals surface area contributed by atoms with Gasteiger partial charge in [0.15, 0.2) is 11.5 Å². The van der Waals surface area contributed by atoms with Crippen LogP contribution < -0.4 is 20.1 Å². The Morgan fingerprint density at radius 1 is 1.08 bits per heavy atom. The number of rotatable bonds is 8. The van der Waals surface area contributed by atoms with Crippen molar-refractivity contribution in [3.8, 4) is 11.5 Å². The Morgan fingerprint density at radius 2 is 1.88 bits per heavy atom. The lowest BCUT2D eigenvalue weighted by Crippen LogP contribution is -2.31. The number of fused-ring (bicyclic) bond motifs is 1. The van der Waals surface area contributed by atoms with Gasteiger partial charge in [-0.05, 0) is 30.2 Å². The van der Waals surface area contributed by atoms with Gasteiger partial charge in [-0.3, -0.25) is 4.79 Å². The van der Waals surface area contributed by atoms with Crippen LogP contribution in [-0.4, -0.2) is 38.2 Å². The zero-order valence-electron chi connectivity index (χ0n) is 15.0. The summed E-state index contributed by atoms with van der Waals surface area (Å²) in [6, 6.07) is 13.6. The van der Waals surface area contributed by atoms with Gasteiger partial charge in [0.1, 0.15) is 0 Å². The molecule has 0 atom stereocenters. The number of aromatic nitrogens is 1. The Balaban J connectivity index is 1.47. The second-order valence-electron chi connectivity index (χ2n) is 5.88. The summed E-state index contributed by atoms with van der Waals surface area (Å²) < 4.78 is 10.5. The van der Waals surface area contributed by atoms with Crippen molar-refractivity contribution in [2.24, 2.45) is 0 Å². The van der Waals surface area contributed by atoms with E-state index in [1.54, 1.807) is 26.4 Å². The van der Waals surface area contributed by atoms with Crippen LogP contribution in [0.4, 0.5) is 5.69 Å². The molecule has 0 saturated carbocycles. The maximum Gasteiger partial charge on any atom is 0.239 e. The zero-order valence-corrected chi connectivity index (χ0v) is 15.0. The predicted molar refractivity (Wildman–Crippen MR) is 103 cm³/mol. The smallest absolute Gasteiger partial charge is 0.239 e. The van der Waals surface area contributed by atoms with Crippen molar-refractivity contribution in [3.63, 3.8) is 0 Å². The van der Waals surface area contributed by atoms with Crippen LogP contribution in [0.2, 0.25) is 0 Å². The lowest BCUT2D eigenvalue weighted by atomic mass is 10.1. The minimum atomic E-state index is -0.0559. The van der Waals surface area contributed by atoms with E-state index in [0.29, 0.717) is 18.0 Å². The first-order valence-corrected chi connectivity index (χ1v) is 8.49. The van der Waals surface area contributed by atoms with Gasteiger partial charge in [0.25, 0.3) is 0 Å². The monoisotopic (exact) mass is 353 g/mol. The standard InChI is InChI=1S/C20H23N3O3/c1-25-18-8-7-15(11-19(18)26-2)22-13-20(24)21-10-9-14-12-23-17-6-4-3-5-16(14)17/h3-8,11-12,22-23H,9-10,13H2,1-2H3,(H,21,24).